The number of piperidine rings is 1. The minimum atomic E-state index is -0.0473. The molecule has 4 nitrogen and oxygen atoms in total. The number of benzene rings is 1. The van der Waals surface area contributed by atoms with Crippen LogP contribution in [0.25, 0.3) is 0 Å². The number of carbonyl (C=O) groups is 1. The Morgan fingerprint density at radius 2 is 1.67 bits per heavy atom. The summed E-state index contributed by atoms with van der Waals surface area (Å²) in [4.78, 5) is 19.2. The Kier molecular flexibility index (Phi) is 5.83. The molecule has 1 aliphatic carbocycles. The van der Waals surface area contributed by atoms with Crippen LogP contribution < -0.4 is 5.32 Å². The molecule has 142 valence electrons. The van der Waals surface area contributed by atoms with Crippen molar-refractivity contribution < 1.29 is 4.79 Å². The zero-order chi connectivity index (χ0) is 18.5. The molecule has 2 aromatic rings. The number of pyridine rings is 1. The average Bonchev–Trinajstić information content (AvgIpc) is 2.75. The van der Waals surface area contributed by atoms with Crippen LogP contribution in [-0.4, -0.2) is 41.0 Å². The molecule has 0 bridgehead atoms. The Hall–Kier alpha value is -2.20. The molecule has 2 atom stereocenters. The molecule has 1 aromatic carbocycles. The van der Waals surface area contributed by atoms with Crippen LogP contribution in [0.4, 0.5) is 0 Å². The molecule has 1 saturated heterocycles. The van der Waals surface area contributed by atoms with Gasteiger partial charge in [0.1, 0.15) is 5.69 Å². The summed E-state index contributed by atoms with van der Waals surface area (Å²) in [6, 6.07) is 17.4. The van der Waals surface area contributed by atoms with Gasteiger partial charge in [0, 0.05) is 31.4 Å². The van der Waals surface area contributed by atoms with Crippen LogP contribution in [0.1, 0.15) is 60.5 Å². The lowest BCUT2D eigenvalue weighted by molar-refractivity contribution is 0.0827. The van der Waals surface area contributed by atoms with Crippen LogP contribution in [-0.2, 0) is 0 Å². The Morgan fingerprint density at radius 3 is 2.41 bits per heavy atom. The molecule has 0 unspecified atom stereocenters. The number of nitrogens with zero attached hydrogens (tertiary/aromatic N) is 2. The van der Waals surface area contributed by atoms with Crippen molar-refractivity contribution in [3.63, 3.8) is 0 Å². The summed E-state index contributed by atoms with van der Waals surface area (Å²) in [7, 11) is 0. The number of rotatable bonds is 4. The van der Waals surface area contributed by atoms with E-state index in [1.807, 2.05) is 12.1 Å². The van der Waals surface area contributed by atoms with Crippen LogP contribution >= 0.6 is 0 Å². The highest BCUT2D eigenvalue weighted by Crippen LogP contribution is 2.37. The first kappa shape index (κ1) is 18.2. The van der Waals surface area contributed by atoms with Gasteiger partial charge in [0.15, 0.2) is 0 Å². The van der Waals surface area contributed by atoms with E-state index in [4.69, 9.17) is 0 Å². The van der Waals surface area contributed by atoms with Gasteiger partial charge in [-0.3, -0.25) is 14.7 Å². The quantitative estimate of drug-likeness (QED) is 0.893. The van der Waals surface area contributed by atoms with Crippen LogP contribution in [0.2, 0.25) is 0 Å². The van der Waals surface area contributed by atoms with Gasteiger partial charge < -0.3 is 5.32 Å². The van der Waals surface area contributed by atoms with E-state index in [1.54, 1.807) is 12.3 Å². The van der Waals surface area contributed by atoms with Crippen molar-refractivity contribution in [3.8, 4) is 0 Å². The van der Waals surface area contributed by atoms with Gasteiger partial charge in [-0.25, -0.2) is 0 Å². The molecule has 1 amide bonds. The summed E-state index contributed by atoms with van der Waals surface area (Å²) in [6.07, 6.45) is 8.99. The number of hydrogen-bond donors (Lipinski definition) is 1. The topological polar surface area (TPSA) is 45.2 Å². The second-order valence-electron chi connectivity index (χ2n) is 7.87. The lowest BCUT2D eigenvalue weighted by Crippen LogP contribution is -2.50. The fourth-order valence-electron chi connectivity index (χ4n) is 4.77. The number of aromatic nitrogens is 1. The standard InChI is InChI=1S/C23H29N3O/c27-23(21-11-6-7-15-24-21)25-19-13-16-26(17-14-19)22-12-5-4-10-20(22)18-8-2-1-3-9-18/h1-3,6-9,11,15,19-20,22H,4-5,10,12-14,16-17H2,(H,25,27)/t20-,22-/m1/s1. The first-order valence-corrected chi connectivity index (χ1v) is 10.3. The van der Waals surface area contributed by atoms with E-state index >= 15 is 0 Å². The maximum atomic E-state index is 12.3. The Bertz CT molecular complexity index is 726. The van der Waals surface area contributed by atoms with E-state index < -0.39 is 0 Å². The lowest BCUT2D eigenvalue weighted by atomic mass is 9.78. The first-order valence-electron chi connectivity index (χ1n) is 10.3. The molecule has 1 N–H and O–H groups in total. The molecule has 1 saturated carbocycles. The van der Waals surface area contributed by atoms with Crippen LogP contribution in [0.3, 0.4) is 0 Å². The summed E-state index contributed by atoms with van der Waals surface area (Å²) >= 11 is 0. The van der Waals surface area contributed by atoms with E-state index in [0.29, 0.717) is 17.7 Å². The first-order chi connectivity index (χ1) is 13.3. The van der Waals surface area contributed by atoms with Crippen molar-refractivity contribution in [3.05, 3.63) is 66.0 Å². The van der Waals surface area contributed by atoms with Gasteiger partial charge in [0.2, 0.25) is 0 Å². The molecule has 27 heavy (non-hydrogen) atoms. The highest BCUT2D eigenvalue weighted by atomic mass is 16.1. The third kappa shape index (κ3) is 4.38. The van der Waals surface area contributed by atoms with Gasteiger partial charge in [-0.2, -0.15) is 0 Å². The summed E-state index contributed by atoms with van der Waals surface area (Å²) in [5.41, 5.74) is 2.00. The van der Waals surface area contributed by atoms with E-state index in [2.05, 4.69) is 45.5 Å². The van der Waals surface area contributed by atoms with Crippen LogP contribution in [0.5, 0.6) is 0 Å². The molecule has 1 aliphatic heterocycles. The Morgan fingerprint density at radius 1 is 0.926 bits per heavy atom. The fourth-order valence-corrected chi connectivity index (χ4v) is 4.77. The molecule has 2 aliphatic rings. The van der Waals surface area contributed by atoms with Crippen molar-refractivity contribution in [2.75, 3.05) is 13.1 Å². The SMILES string of the molecule is O=C(NC1CCN([C@@H]2CCCC[C@@H]2c2ccccc2)CC1)c1ccccn1. The lowest BCUT2D eigenvalue weighted by Gasteiger charge is -2.43. The summed E-state index contributed by atoms with van der Waals surface area (Å²) < 4.78 is 0. The predicted molar refractivity (Wildman–Crippen MR) is 108 cm³/mol. The summed E-state index contributed by atoms with van der Waals surface area (Å²) in [6.45, 7) is 2.14. The van der Waals surface area contributed by atoms with Crippen molar-refractivity contribution in [1.29, 1.82) is 0 Å². The smallest absolute Gasteiger partial charge is 0.270 e. The molecule has 1 aromatic heterocycles. The van der Waals surface area contributed by atoms with Crippen molar-refractivity contribution in [2.24, 2.45) is 0 Å². The van der Waals surface area contributed by atoms with Gasteiger partial charge in [-0.1, -0.05) is 49.2 Å². The zero-order valence-electron chi connectivity index (χ0n) is 15.9. The van der Waals surface area contributed by atoms with Crippen molar-refractivity contribution in [2.45, 2.75) is 56.5 Å². The number of carbonyl (C=O) groups excluding carboxylic acids is 1. The number of amides is 1. The highest BCUT2D eigenvalue weighted by molar-refractivity contribution is 5.92. The largest absolute Gasteiger partial charge is 0.348 e. The zero-order valence-corrected chi connectivity index (χ0v) is 15.9. The highest BCUT2D eigenvalue weighted by Gasteiger charge is 2.33. The normalized spacial score (nSPS) is 24.4. The summed E-state index contributed by atoms with van der Waals surface area (Å²) in [5, 5.41) is 3.17. The fraction of sp³-hybridized carbons (Fsp3) is 0.478. The van der Waals surface area contributed by atoms with Crippen LogP contribution in [0, 0.1) is 0 Å². The average molecular weight is 364 g/mol. The third-order valence-corrected chi connectivity index (χ3v) is 6.19. The van der Waals surface area contributed by atoms with E-state index in [9.17, 15) is 4.79 Å². The predicted octanol–water partition coefficient (Wildman–Crippen LogP) is 4.00. The van der Waals surface area contributed by atoms with Gasteiger partial charge in [-0.05, 0) is 49.3 Å². The summed E-state index contributed by atoms with van der Waals surface area (Å²) in [5.74, 6) is 0.605. The molecule has 0 spiro atoms. The molecule has 0 radical (unpaired) electrons. The Labute approximate surface area is 162 Å². The second-order valence-corrected chi connectivity index (χ2v) is 7.87. The molecule has 4 rings (SSSR count). The van der Waals surface area contributed by atoms with Gasteiger partial charge in [0.05, 0.1) is 0 Å². The maximum absolute atomic E-state index is 12.3. The van der Waals surface area contributed by atoms with Crippen LogP contribution in [0.15, 0.2) is 54.7 Å². The van der Waals surface area contributed by atoms with Gasteiger partial charge in [-0.15, -0.1) is 0 Å². The third-order valence-electron chi connectivity index (χ3n) is 6.19. The minimum absolute atomic E-state index is 0.0473. The molecule has 4 heteroatoms. The molecular weight excluding hydrogens is 334 g/mol. The molecule has 2 heterocycles. The molecular formula is C23H29N3O. The second kappa shape index (κ2) is 8.66. The minimum Gasteiger partial charge on any atom is -0.348 e. The number of nitrogens with one attached hydrogen (secondary N) is 1. The van der Waals surface area contributed by atoms with Crippen molar-refractivity contribution >= 4 is 5.91 Å². The number of hydrogen-bond acceptors (Lipinski definition) is 3. The van der Waals surface area contributed by atoms with E-state index in [0.717, 1.165) is 25.9 Å². The Balaban J connectivity index is 1.35. The van der Waals surface area contributed by atoms with Gasteiger partial charge >= 0.3 is 0 Å². The van der Waals surface area contributed by atoms with E-state index in [-0.39, 0.29) is 11.9 Å². The molecule has 2 fully saturated rings. The van der Waals surface area contributed by atoms with Crippen molar-refractivity contribution in [1.82, 2.24) is 15.2 Å². The number of likely N-dealkylation sites (tertiary alicyclic amines) is 1. The van der Waals surface area contributed by atoms with Gasteiger partial charge in [0.25, 0.3) is 5.91 Å². The maximum Gasteiger partial charge on any atom is 0.270 e. The monoisotopic (exact) mass is 363 g/mol. The van der Waals surface area contributed by atoms with E-state index in [1.165, 1.54) is 31.2 Å².